The summed E-state index contributed by atoms with van der Waals surface area (Å²) in [5.41, 5.74) is -0.703. The fourth-order valence-electron chi connectivity index (χ4n) is 1.65. The fourth-order valence-corrected chi connectivity index (χ4v) is 2.66. The van der Waals surface area contributed by atoms with E-state index in [1.807, 2.05) is 4.72 Å². The summed E-state index contributed by atoms with van der Waals surface area (Å²) in [5.74, 6) is -1.66. The second kappa shape index (κ2) is 5.52. The monoisotopic (exact) mass is 313 g/mol. The van der Waals surface area contributed by atoms with Gasteiger partial charge in [0.1, 0.15) is 11.6 Å². The minimum absolute atomic E-state index is 0.222. The average Bonchev–Trinajstić information content (AvgIpc) is 2.87. The number of aromatic nitrogens is 2. The number of hydrogen-bond acceptors (Lipinski definition) is 4. The molecule has 0 aliphatic heterocycles. The number of carboxylic acid groups (broad SMARTS) is 1. The molecule has 0 atom stereocenters. The Hall–Kier alpha value is -2.42. The molecule has 0 aliphatic rings. The molecule has 0 unspecified atom stereocenters. The Balaban J connectivity index is 2.41. The second-order valence-corrected chi connectivity index (χ2v) is 5.80. The molecular formula is C12H12FN3O4S. The molecule has 1 heterocycles. The fraction of sp³-hybridized carbons (Fsp3) is 0.167. The number of hydrogen-bond donors (Lipinski definition) is 3. The van der Waals surface area contributed by atoms with Crippen molar-refractivity contribution in [3.05, 3.63) is 41.6 Å². The molecule has 112 valence electrons. The van der Waals surface area contributed by atoms with Crippen LogP contribution in [0.15, 0.2) is 29.4 Å². The molecule has 0 saturated heterocycles. The molecule has 1 aromatic heterocycles. The van der Waals surface area contributed by atoms with Gasteiger partial charge in [-0.15, -0.1) is 0 Å². The summed E-state index contributed by atoms with van der Waals surface area (Å²) >= 11 is 0. The van der Waals surface area contributed by atoms with Crippen LogP contribution in [0.5, 0.6) is 0 Å². The Morgan fingerprint density at radius 1 is 1.48 bits per heavy atom. The lowest BCUT2D eigenvalue weighted by Crippen LogP contribution is -2.16. The summed E-state index contributed by atoms with van der Waals surface area (Å²) in [6, 6.07) is 2.73. The number of benzene rings is 1. The number of carbonyl (C=O) groups is 1. The van der Waals surface area contributed by atoms with Crippen LogP contribution in [0.3, 0.4) is 0 Å². The largest absolute Gasteiger partial charge is 0.478 e. The predicted molar refractivity (Wildman–Crippen MR) is 72.1 cm³/mol. The lowest BCUT2D eigenvalue weighted by Gasteiger charge is -2.09. The number of H-pyrrole nitrogens is 1. The number of aromatic amines is 1. The van der Waals surface area contributed by atoms with Crippen LogP contribution in [-0.2, 0) is 16.4 Å². The molecule has 0 bridgehead atoms. The van der Waals surface area contributed by atoms with Crippen molar-refractivity contribution in [1.29, 1.82) is 0 Å². The van der Waals surface area contributed by atoms with Gasteiger partial charge < -0.3 is 10.1 Å². The zero-order chi connectivity index (χ0) is 15.6. The standard InChI is InChI=1S/C12H12FN3O4S/c1-2-10-14-6-11(15-10)21(19,20)16-9-5-7(13)3-4-8(9)12(17)18/h3-6,16H,2H2,1H3,(H,14,15)(H,17,18). The molecule has 0 spiro atoms. The third-order valence-electron chi connectivity index (χ3n) is 2.69. The Bertz CT molecular complexity index is 786. The number of imidazole rings is 1. The van der Waals surface area contributed by atoms with Gasteiger partial charge in [-0.05, 0) is 18.2 Å². The van der Waals surface area contributed by atoms with Crippen molar-refractivity contribution in [3.8, 4) is 0 Å². The Morgan fingerprint density at radius 3 is 2.76 bits per heavy atom. The SMILES string of the molecule is CCc1ncc(S(=O)(=O)Nc2cc(F)ccc2C(=O)O)[nH]1. The number of aryl methyl sites for hydroxylation is 1. The first-order valence-corrected chi connectivity index (χ1v) is 7.41. The molecule has 0 radical (unpaired) electrons. The van der Waals surface area contributed by atoms with E-state index in [-0.39, 0.29) is 16.3 Å². The van der Waals surface area contributed by atoms with Crippen molar-refractivity contribution < 1.29 is 22.7 Å². The van der Waals surface area contributed by atoms with E-state index < -0.39 is 21.8 Å². The number of anilines is 1. The Kier molecular flexibility index (Phi) is 3.94. The van der Waals surface area contributed by atoms with Crippen molar-refractivity contribution in [1.82, 2.24) is 9.97 Å². The molecule has 0 aliphatic carbocycles. The van der Waals surface area contributed by atoms with Gasteiger partial charge in [0.05, 0.1) is 17.4 Å². The van der Waals surface area contributed by atoms with E-state index in [4.69, 9.17) is 5.11 Å². The van der Waals surface area contributed by atoms with Crippen molar-refractivity contribution in [2.45, 2.75) is 18.4 Å². The van der Waals surface area contributed by atoms with Crippen molar-refractivity contribution in [2.24, 2.45) is 0 Å². The van der Waals surface area contributed by atoms with E-state index in [1.54, 1.807) is 6.92 Å². The maximum atomic E-state index is 13.2. The summed E-state index contributed by atoms with van der Waals surface area (Å²) in [5, 5.41) is 8.77. The Morgan fingerprint density at radius 2 is 2.19 bits per heavy atom. The first-order valence-electron chi connectivity index (χ1n) is 5.93. The van der Waals surface area contributed by atoms with E-state index in [0.717, 1.165) is 24.4 Å². The first-order chi connectivity index (χ1) is 9.83. The van der Waals surface area contributed by atoms with E-state index in [0.29, 0.717) is 12.2 Å². The van der Waals surface area contributed by atoms with E-state index >= 15 is 0 Å². The van der Waals surface area contributed by atoms with Crippen LogP contribution < -0.4 is 4.72 Å². The molecule has 7 nitrogen and oxygen atoms in total. The van der Waals surface area contributed by atoms with Crippen molar-refractivity contribution in [3.63, 3.8) is 0 Å². The normalized spacial score (nSPS) is 11.3. The quantitative estimate of drug-likeness (QED) is 0.776. The predicted octanol–water partition coefficient (Wildman–Crippen LogP) is 1.61. The lowest BCUT2D eigenvalue weighted by atomic mass is 10.2. The molecule has 2 aromatic rings. The number of carboxylic acids is 1. The topological polar surface area (TPSA) is 112 Å². The molecule has 0 amide bonds. The second-order valence-electron chi connectivity index (χ2n) is 4.15. The highest BCUT2D eigenvalue weighted by Gasteiger charge is 2.21. The highest BCUT2D eigenvalue weighted by Crippen LogP contribution is 2.21. The average molecular weight is 313 g/mol. The van der Waals surface area contributed by atoms with Crippen LogP contribution in [0.1, 0.15) is 23.1 Å². The lowest BCUT2D eigenvalue weighted by molar-refractivity contribution is 0.0698. The van der Waals surface area contributed by atoms with Gasteiger partial charge in [-0.3, -0.25) is 4.72 Å². The molecule has 9 heteroatoms. The van der Waals surface area contributed by atoms with Gasteiger partial charge in [-0.2, -0.15) is 8.42 Å². The van der Waals surface area contributed by atoms with E-state index in [9.17, 15) is 17.6 Å². The molecule has 1 aromatic carbocycles. The van der Waals surface area contributed by atoms with E-state index in [2.05, 4.69) is 9.97 Å². The van der Waals surface area contributed by atoms with Gasteiger partial charge in [-0.25, -0.2) is 14.2 Å². The number of rotatable bonds is 5. The number of nitrogens with zero attached hydrogens (tertiary/aromatic N) is 1. The highest BCUT2D eigenvalue weighted by atomic mass is 32.2. The number of aromatic carboxylic acids is 1. The molecule has 0 saturated carbocycles. The van der Waals surface area contributed by atoms with Gasteiger partial charge in [0, 0.05) is 6.42 Å². The van der Waals surface area contributed by atoms with Crippen molar-refractivity contribution in [2.75, 3.05) is 4.72 Å². The molecule has 2 rings (SSSR count). The maximum absolute atomic E-state index is 13.2. The summed E-state index contributed by atoms with van der Waals surface area (Å²) in [4.78, 5) is 17.5. The summed E-state index contributed by atoms with van der Waals surface area (Å²) in [6.45, 7) is 1.79. The Labute approximate surface area is 119 Å². The maximum Gasteiger partial charge on any atom is 0.337 e. The van der Waals surface area contributed by atoms with Gasteiger partial charge in [0.25, 0.3) is 10.0 Å². The van der Waals surface area contributed by atoms with Crippen LogP contribution in [-0.4, -0.2) is 29.5 Å². The molecule has 21 heavy (non-hydrogen) atoms. The van der Waals surface area contributed by atoms with E-state index in [1.165, 1.54) is 0 Å². The summed E-state index contributed by atoms with van der Waals surface area (Å²) in [7, 11) is -4.07. The van der Waals surface area contributed by atoms with Gasteiger partial charge in [0.2, 0.25) is 0 Å². The third kappa shape index (κ3) is 3.19. The van der Waals surface area contributed by atoms with Gasteiger partial charge in [-0.1, -0.05) is 6.92 Å². The summed E-state index contributed by atoms with van der Waals surface area (Å²) < 4.78 is 39.5. The molecule has 0 fully saturated rings. The van der Waals surface area contributed by atoms with Crippen LogP contribution in [0.4, 0.5) is 10.1 Å². The van der Waals surface area contributed by atoms with Gasteiger partial charge in [0.15, 0.2) is 5.03 Å². The zero-order valence-corrected chi connectivity index (χ0v) is 11.7. The molecule has 3 N–H and O–H groups in total. The number of halogens is 1. The van der Waals surface area contributed by atoms with Crippen LogP contribution >= 0.6 is 0 Å². The zero-order valence-electron chi connectivity index (χ0n) is 10.9. The van der Waals surface area contributed by atoms with Crippen LogP contribution in [0, 0.1) is 5.82 Å². The first kappa shape index (κ1) is 15.0. The highest BCUT2D eigenvalue weighted by molar-refractivity contribution is 7.92. The minimum Gasteiger partial charge on any atom is -0.478 e. The molecular weight excluding hydrogens is 301 g/mol. The number of sulfonamides is 1. The number of nitrogens with one attached hydrogen (secondary N) is 2. The summed E-state index contributed by atoms with van der Waals surface area (Å²) in [6.07, 6.45) is 1.62. The smallest absolute Gasteiger partial charge is 0.337 e. The van der Waals surface area contributed by atoms with Crippen molar-refractivity contribution >= 4 is 21.7 Å². The van der Waals surface area contributed by atoms with Crippen LogP contribution in [0.2, 0.25) is 0 Å². The van der Waals surface area contributed by atoms with Crippen LogP contribution in [0.25, 0.3) is 0 Å². The minimum atomic E-state index is -4.07. The third-order valence-corrected chi connectivity index (χ3v) is 3.96. The van der Waals surface area contributed by atoms with Gasteiger partial charge >= 0.3 is 5.97 Å².